The average Bonchev–Trinajstić information content (AvgIpc) is 2.45. The maximum atomic E-state index is 12.7. The normalized spacial score (nSPS) is 27.8. The highest BCUT2D eigenvalue weighted by molar-refractivity contribution is 5.75. The monoisotopic (exact) mass is 303 g/mol. The van der Waals surface area contributed by atoms with Gasteiger partial charge in [-0.1, -0.05) is 12.1 Å². The summed E-state index contributed by atoms with van der Waals surface area (Å²) in [6, 6.07) is 7.04. The van der Waals surface area contributed by atoms with Crippen LogP contribution >= 0.6 is 0 Å². The first-order chi connectivity index (χ1) is 10.6. The van der Waals surface area contributed by atoms with E-state index in [2.05, 4.69) is 15.5 Å². The number of benzene rings is 1. The molecule has 3 fully saturated rings. The molecule has 2 N–H and O–H groups in total. The predicted molar refractivity (Wildman–Crippen MR) is 78.9 cm³/mol. The third kappa shape index (κ3) is 2.71. The Balaban J connectivity index is 1.45. The number of hydrogen-bond donors (Lipinski definition) is 2. The second-order valence-corrected chi connectivity index (χ2v) is 6.33. The zero-order chi connectivity index (χ0) is 15.6. The summed E-state index contributed by atoms with van der Waals surface area (Å²) in [4.78, 5) is 15.0. The molecule has 0 heterocycles. The molecule has 0 radical (unpaired) electrons. The third-order valence-electron chi connectivity index (χ3n) is 4.45. The highest BCUT2D eigenvalue weighted by Crippen LogP contribution is 2.67. The van der Waals surface area contributed by atoms with Crippen LogP contribution in [0.15, 0.2) is 24.3 Å². The van der Waals surface area contributed by atoms with Crippen molar-refractivity contribution < 1.29 is 13.9 Å². The summed E-state index contributed by atoms with van der Waals surface area (Å²) in [5.74, 6) is 0.611. The molecular weight excluding hydrogens is 285 g/mol. The van der Waals surface area contributed by atoms with E-state index in [4.69, 9.17) is 11.3 Å². The molecular formula is C16H18FN3O2. The fraction of sp³-hybridized carbons (Fsp3) is 0.500. The number of ether oxygens (including phenoxy) is 1. The first-order valence-corrected chi connectivity index (χ1v) is 7.26. The van der Waals surface area contributed by atoms with Crippen molar-refractivity contribution in [1.29, 1.82) is 0 Å². The van der Waals surface area contributed by atoms with Gasteiger partial charge in [0.1, 0.15) is 5.75 Å². The Hall–Kier alpha value is -2.29. The van der Waals surface area contributed by atoms with Gasteiger partial charge < -0.3 is 15.4 Å². The van der Waals surface area contributed by atoms with Gasteiger partial charge in [0, 0.05) is 17.5 Å². The van der Waals surface area contributed by atoms with Gasteiger partial charge in [0.05, 0.1) is 6.67 Å². The smallest absolute Gasteiger partial charge is 0.357 e. The van der Waals surface area contributed by atoms with Crippen LogP contribution in [-0.2, 0) is 6.54 Å². The fourth-order valence-corrected chi connectivity index (χ4v) is 3.59. The molecule has 0 saturated heterocycles. The van der Waals surface area contributed by atoms with Crippen molar-refractivity contribution in [3.05, 3.63) is 41.2 Å². The maximum absolute atomic E-state index is 12.7. The van der Waals surface area contributed by atoms with Gasteiger partial charge in [-0.25, -0.2) is 11.4 Å². The van der Waals surface area contributed by atoms with Gasteiger partial charge in [0.25, 0.3) is 0 Å². The van der Waals surface area contributed by atoms with E-state index in [0.717, 1.165) is 24.8 Å². The van der Waals surface area contributed by atoms with E-state index in [0.29, 0.717) is 12.3 Å². The quantitative estimate of drug-likeness (QED) is 0.794. The molecule has 0 spiro atoms. The third-order valence-corrected chi connectivity index (χ3v) is 4.45. The van der Waals surface area contributed by atoms with Crippen molar-refractivity contribution in [2.45, 2.75) is 31.3 Å². The average molecular weight is 303 g/mol. The molecule has 0 aromatic heterocycles. The van der Waals surface area contributed by atoms with Gasteiger partial charge in [-0.3, -0.25) is 9.24 Å². The summed E-state index contributed by atoms with van der Waals surface area (Å²) in [5, 5.41) is 5.75. The Morgan fingerprint density at radius 1 is 1.41 bits per heavy atom. The lowest BCUT2D eigenvalue weighted by molar-refractivity contribution is -0.157. The highest BCUT2D eigenvalue weighted by atomic mass is 19.1. The van der Waals surface area contributed by atoms with Crippen LogP contribution in [0.5, 0.6) is 5.75 Å². The van der Waals surface area contributed by atoms with Crippen LogP contribution in [0.4, 0.5) is 9.18 Å². The summed E-state index contributed by atoms with van der Waals surface area (Å²) in [6.07, 6.45) is 2.26. The first kappa shape index (κ1) is 14.6. The number of hydrogen-bond acceptors (Lipinski definition) is 2. The highest BCUT2D eigenvalue weighted by Gasteiger charge is 2.68. The Bertz CT molecular complexity index is 606. The van der Waals surface area contributed by atoms with Crippen molar-refractivity contribution in [2.24, 2.45) is 5.41 Å². The van der Waals surface area contributed by atoms with Crippen LogP contribution in [0.1, 0.15) is 24.8 Å². The standard InChI is InChI=1S/C16H18FN3O2/c1-18-11-22-13-4-2-3-12(5-13)6-19-14(21)20-16-7-15(8-16,9-16)10-17/h2-5H,6-11H2,(H2,19,20,21). The Labute approximate surface area is 128 Å². The van der Waals surface area contributed by atoms with Gasteiger partial charge >= 0.3 is 12.8 Å². The van der Waals surface area contributed by atoms with Gasteiger partial charge in [0.15, 0.2) is 0 Å². The number of amides is 2. The summed E-state index contributed by atoms with van der Waals surface area (Å²) >= 11 is 0. The molecule has 1 aromatic rings. The van der Waals surface area contributed by atoms with Crippen LogP contribution in [-0.4, -0.2) is 25.0 Å². The lowest BCUT2D eigenvalue weighted by atomic mass is 9.40. The Kier molecular flexibility index (Phi) is 3.65. The molecule has 116 valence electrons. The van der Waals surface area contributed by atoms with Crippen molar-refractivity contribution in [2.75, 3.05) is 13.4 Å². The number of nitrogens with one attached hydrogen (secondary N) is 2. The van der Waals surface area contributed by atoms with Crippen LogP contribution < -0.4 is 15.4 Å². The van der Waals surface area contributed by atoms with Crippen LogP contribution in [0.3, 0.4) is 0 Å². The number of halogens is 1. The summed E-state index contributed by atoms with van der Waals surface area (Å²) in [5.41, 5.74) is 0.592. The number of carbonyl (C=O) groups excluding carboxylic acids is 1. The number of alkyl halides is 1. The molecule has 4 rings (SSSR count). The van der Waals surface area contributed by atoms with Crippen molar-refractivity contribution >= 4 is 6.03 Å². The van der Waals surface area contributed by atoms with E-state index in [1.165, 1.54) is 0 Å². The minimum atomic E-state index is -0.282. The van der Waals surface area contributed by atoms with Gasteiger partial charge in [-0.2, -0.15) is 0 Å². The van der Waals surface area contributed by atoms with E-state index in [9.17, 15) is 9.18 Å². The summed E-state index contributed by atoms with van der Waals surface area (Å²) in [7, 11) is 0. The number of carbonyl (C=O) groups is 1. The lowest BCUT2D eigenvalue weighted by Crippen LogP contribution is -2.76. The van der Waals surface area contributed by atoms with Crippen LogP contribution in [0.25, 0.3) is 4.85 Å². The first-order valence-electron chi connectivity index (χ1n) is 7.26. The second kappa shape index (κ2) is 5.48. The van der Waals surface area contributed by atoms with Gasteiger partial charge in [-0.15, -0.1) is 0 Å². The number of urea groups is 1. The maximum Gasteiger partial charge on any atom is 0.357 e. The molecule has 3 aliphatic carbocycles. The minimum Gasteiger partial charge on any atom is -0.426 e. The largest absolute Gasteiger partial charge is 0.426 e. The van der Waals surface area contributed by atoms with E-state index in [-0.39, 0.29) is 30.4 Å². The zero-order valence-electron chi connectivity index (χ0n) is 12.2. The van der Waals surface area contributed by atoms with E-state index < -0.39 is 0 Å². The van der Waals surface area contributed by atoms with Gasteiger partial charge in [0.2, 0.25) is 0 Å². The van der Waals surface area contributed by atoms with E-state index in [1.54, 1.807) is 12.1 Å². The minimum absolute atomic E-state index is 0.0176. The zero-order valence-corrected chi connectivity index (χ0v) is 12.2. The molecule has 5 nitrogen and oxygen atoms in total. The molecule has 3 aliphatic rings. The fourth-order valence-electron chi connectivity index (χ4n) is 3.59. The molecule has 6 heteroatoms. The second-order valence-electron chi connectivity index (χ2n) is 6.33. The number of rotatable bonds is 6. The Morgan fingerprint density at radius 3 is 2.86 bits per heavy atom. The molecule has 3 saturated carbocycles. The molecule has 1 aromatic carbocycles. The van der Waals surface area contributed by atoms with Crippen LogP contribution in [0, 0.1) is 12.0 Å². The summed E-state index contributed by atoms with van der Waals surface area (Å²) < 4.78 is 17.9. The van der Waals surface area contributed by atoms with E-state index >= 15 is 0 Å². The van der Waals surface area contributed by atoms with Crippen LogP contribution in [0.2, 0.25) is 0 Å². The molecule has 0 unspecified atom stereocenters. The molecule has 2 bridgehead atoms. The molecule has 0 atom stereocenters. The summed E-state index contributed by atoms with van der Waals surface area (Å²) in [6.45, 7) is 6.77. The van der Waals surface area contributed by atoms with Crippen molar-refractivity contribution in [3.8, 4) is 5.75 Å². The molecule has 22 heavy (non-hydrogen) atoms. The lowest BCUT2D eigenvalue weighted by Gasteiger charge is -2.69. The SMILES string of the molecule is [C-]#[N+]COc1cccc(CNC(=O)NC23CC(CF)(C2)C3)c1. The van der Waals surface area contributed by atoms with Crippen molar-refractivity contribution in [3.63, 3.8) is 0 Å². The topological polar surface area (TPSA) is 54.7 Å². The van der Waals surface area contributed by atoms with E-state index in [1.807, 2.05) is 12.1 Å². The number of nitrogens with zero attached hydrogens (tertiary/aromatic N) is 1. The van der Waals surface area contributed by atoms with Crippen molar-refractivity contribution in [1.82, 2.24) is 10.6 Å². The molecule has 0 aliphatic heterocycles. The van der Waals surface area contributed by atoms with Gasteiger partial charge in [-0.05, 0) is 37.0 Å². The Morgan fingerprint density at radius 2 is 2.18 bits per heavy atom. The predicted octanol–water partition coefficient (Wildman–Crippen LogP) is 2.63. The molecule has 2 amide bonds.